The maximum absolute atomic E-state index is 12.8. The van der Waals surface area contributed by atoms with Gasteiger partial charge in [-0.2, -0.15) is 0 Å². The molecule has 1 aromatic carbocycles. The molecule has 6 N–H and O–H groups in total. The molecule has 46 heavy (non-hydrogen) atoms. The minimum absolute atomic E-state index is 0.0358. The zero-order chi connectivity index (χ0) is 34.6. The molecule has 16 heteroatoms. The number of rotatable bonds is 21. The van der Waals surface area contributed by atoms with Gasteiger partial charge < -0.3 is 40.6 Å². The van der Waals surface area contributed by atoms with Crippen LogP contribution in [0.3, 0.4) is 0 Å². The van der Waals surface area contributed by atoms with Crippen LogP contribution in [0, 0.1) is 11.8 Å². The zero-order valence-electron chi connectivity index (χ0n) is 26.8. The van der Waals surface area contributed by atoms with Crippen molar-refractivity contribution in [3.05, 3.63) is 29.8 Å². The average Bonchev–Trinajstić information content (AvgIpc) is 3.00. The molecular weight excluding hydrogens is 622 g/mol. The number of nitrogens with one attached hydrogen (secondary N) is 5. The van der Waals surface area contributed by atoms with E-state index in [9.17, 15) is 38.1 Å². The number of esters is 1. The van der Waals surface area contributed by atoms with Crippen LogP contribution in [0.5, 0.6) is 0 Å². The van der Waals surface area contributed by atoms with Crippen molar-refractivity contribution in [2.45, 2.75) is 66.2 Å². The molecule has 0 aromatic heterocycles. The largest absolute Gasteiger partial charge is 0.461 e. The van der Waals surface area contributed by atoms with E-state index in [1.807, 2.05) is 0 Å². The molecule has 1 aromatic rings. The van der Waals surface area contributed by atoms with Gasteiger partial charge in [0.25, 0.3) is 0 Å². The highest BCUT2D eigenvalue weighted by Gasteiger charge is 2.26. The van der Waals surface area contributed by atoms with Crippen LogP contribution < -0.4 is 26.6 Å². The molecule has 0 saturated heterocycles. The van der Waals surface area contributed by atoms with E-state index >= 15 is 0 Å². The summed E-state index contributed by atoms with van der Waals surface area (Å²) in [4.78, 5) is 85.0. The maximum Gasteiger partial charge on any atom is 0.308 e. The van der Waals surface area contributed by atoms with Crippen molar-refractivity contribution >= 4 is 59.0 Å². The lowest BCUT2D eigenvalue weighted by Gasteiger charge is -2.22. The third-order valence-corrected chi connectivity index (χ3v) is 6.65. The lowest BCUT2D eigenvalue weighted by molar-refractivity contribution is -0.148. The van der Waals surface area contributed by atoms with Crippen LogP contribution in [-0.4, -0.2) is 90.0 Å². The number of amides is 5. The zero-order valence-corrected chi connectivity index (χ0v) is 27.6. The minimum Gasteiger partial charge on any atom is -0.461 e. The molecule has 2 unspecified atom stereocenters. The number of anilines is 1. The van der Waals surface area contributed by atoms with Gasteiger partial charge >= 0.3 is 5.97 Å². The predicted molar refractivity (Wildman–Crippen MR) is 170 cm³/mol. The lowest BCUT2D eigenvalue weighted by atomic mass is 10.0. The van der Waals surface area contributed by atoms with Crippen LogP contribution in [0.25, 0.3) is 0 Å². The second kappa shape index (κ2) is 21.7. The predicted octanol–water partition coefficient (Wildman–Crippen LogP) is 0.774. The fourth-order valence-corrected chi connectivity index (χ4v) is 3.93. The Morgan fingerprint density at radius 2 is 1.41 bits per heavy atom. The van der Waals surface area contributed by atoms with Gasteiger partial charge in [0.05, 0.1) is 32.2 Å². The van der Waals surface area contributed by atoms with E-state index in [-0.39, 0.29) is 68.5 Å². The first-order chi connectivity index (χ1) is 21.7. The highest BCUT2D eigenvalue weighted by Crippen LogP contribution is 2.11. The molecule has 5 amide bonds. The van der Waals surface area contributed by atoms with E-state index in [2.05, 4.69) is 26.6 Å². The molecule has 256 valence electrons. The minimum atomic E-state index is -1.14. The lowest BCUT2D eigenvalue weighted by Crippen LogP contribution is -2.54. The smallest absolute Gasteiger partial charge is 0.308 e. The van der Waals surface area contributed by atoms with Crippen LogP contribution in [-0.2, 0) is 49.6 Å². The van der Waals surface area contributed by atoms with Crippen molar-refractivity contribution in [2.75, 3.05) is 37.4 Å². The monoisotopic (exact) mass is 667 g/mol. The van der Waals surface area contributed by atoms with Gasteiger partial charge in [0.2, 0.25) is 29.5 Å². The van der Waals surface area contributed by atoms with Gasteiger partial charge in [0.15, 0.2) is 0 Å². The number of carbonyl (C=O) groups excluding carboxylic acids is 7. The van der Waals surface area contributed by atoms with Crippen LogP contribution in [0.2, 0.25) is 0 Å². The summed E-state index contributed by atoms with van der Waals surface area (Å²) >= 11 is 0.334. The quantitative estimate of drug-likeness (QED) is 0.0611. The Bertz CT molecular complexity index is 1190. The van der Waals surface area contributed by atoms with Crippen molar-refractivity contribution in [1.82, 2.24) is 21.3 Å². The maximum atomic E-state index is 12.8. The number of Topliss-reactive ketones (excluding diaryl/α,β-unsaturated/α-hetero) is 1. The van der Waals surface area contributed by atoms with Crippen molar-refractivity contribution in [3.63, 3.8) is 0 Å². The van der Waals surface area contributed by atoms with Gasteiger partial charge in [-0.1, -0.05) is 39.8 Å². The highest BCUT2D eigenvalue weighted by molar-refractivity contribution is 7.93. The van der Waals surface area contributed by atoms with E-state index in [1.54, 1.807) is 52.0 Å². The first-order valence-electron chi connectivity index (χ1n) is 14.8. The molecule has 0 bridgehead atoms. The molecule has 0 saturated carbocycles. The molecule has 0 radical (unpaired) electrons. The summed E-state index contributed by atoms with van der Waals surface area (Å²) in [6.45, 7) is 7.70. The van der Waals surface area contributed by atoms with Gasteiger partial charge in [0.1, 0.15) is 24.5 Å². The summed E-state index contributed by atoms with van der Waals surface area (Å²) in [6.07, 6.45) is 0.145. The first kappa shape index (κ1) is 40.0. The summed E-state index contributed by atoms with van der Waals surface area (Å²) in [5.74, 6) is -4.21. The Kier molecular flexibility index (Phi) is 18.8. The fourth-order valence-electron chi connectivity index (χ4n) is 3.54. The molecule has 1 rings (SSSR count). The van der Waals surface area contributed by atoms with E-state index in [1.165, 1.54) is 6.92 Å². The third-order valence-electron chi connectivity index (χ3n) is 6.17. The normalized spacial score (nSPS) is 12.1. The van der Waals surface area contributed by atoms with Gasteiger partial charge in [-0.25, -0.2) is 0 Å². The SMILES string of the molecule is CC(=O)CCOCCC(=O)NC(CSO)C(=O)NCC(=O)NC(C(=O)NCC(=O)Nc1ccc(COC(=O)C(C)C)cc1)C(C)C. The molecule has 2 atom stereocenters. The highest BCUT2D eigenvalue weighted by atomic mass is 32.2. The van der Waals surface area contributed by atoms with E-state index in [0.29, 0.717) is 17.7 Å². The summed E-state index contributed by atoms with van der Waals surface area (Å²) in [5, 5.41) is 12.5. The number of hydrogen-bond acceptors (Lipinski definition) is 11. The van der Waals surface area contributed by atoms with E-state index < -0.39 is 48.2 Å². The van der Waals surface area contributed by atoms with Crippen molar-refractivity contribution < 1.29 is 47.6 Å². The van der Waals surface area contributed by atoms with Gasteiger partial charge in [-0.15, -0.1) is 0 Å². The fraction of sp³-hybridized carbons (Fsp3) is 0.567. The Hall–Kier alpha value is -4.02. The number of hydrogen-bond donors (Lipinski definition) is 6. The Morgan fingerprint density at radius 1 is 0.804 bits per heavy atom. The van der Waals surface area contributed by atoms with Crippen molar-refractivity contribution in [2.24, 2.45) is 11.8 Å². The number of ketones is 1. The molecule has 15 nitrogen and oxygen atoms in total. The van der Waals surface area contributed by atoms with Gasteiger partial charge in [-0.05, 0) is 42.6 Å². The summed E-state index contributed by atoms with van der Waals surface area (Å²) in [6, 6.07) is 4.49. The third kappa shape index (κ3) is 16.9. The molecular formula is C30H45N5O10S. The van der Waals surface area contributed by atoms with Crippen LogP contribution >= 0.6 is 12.0 Å². The molecule has 0 spiro atoms. The van der Waals surface area contributed by atoms with Crippen molar-refractivity contribution in [3.8, 4) is 0 Å². The van der Waals surface area contributed by atoms with Gasteiger partial charge in [0, 0.05) is 24.3 Å². The van der Waals surface area contributed by atoms with Crippen LogP contribution in [0.15, 0.2) is 24.3 Å². The van der Waals surface area contributed by atoms with Crippen molar-refractivity contribution in [1.29, 1.82) is 0 Å². The summed E-state index contributed by atoms with van der Waals surface area (Å²) in [5.41, 5.74) is 1.21. The summed E-state index contributed by atoms with van der Waals surface area (Å²) < 4.78 is 19.6. The number of ether oxygens (including phenoxy) is 2. The van der Waals surface area contributed by atoms with E-state index in [4.69, 9.17) is 9.47 Å². The second-order valence-corrected chi connectivity index (χ2v) is 11.6. The summed E-state index contributed by atoms with van der Waals surface area (Å²) in [7, 11) is 0. The van der Waals surface area contributed by atoms with E-state index in [0.717, 1.165) is 5.56 Å². The number of carbonyl (C=O) groups is 7. The van der Waals surface area contributed by atoms with Crippen LogP contribution in [0.1, 0.15) is 53.0 Å². The van der Waals surface area contributed by atoms with Gasteiger partial charge in [-0.3, -0.25) is 33.6 Å². The molecule has 0 heterocycles. The Morgan fingerprint density at radius 3 is 2.00 bits per heavy atom. The molecule has 0 aliphatic rings. The topological polar surface area (TPSA) is 218 Å². The Balaban J connectivity index is 2.52. The van der Waals surface area contributed by atoms with Crippen LogP contribution in [0.4, 0.5) is 5.69 Å². The Labute approximate surface area is 272 Å². The standard InChI is InChI=1S/C30H45N5O10S/c1-18(2)27(29(41)32-14-25(38)33-22-8-6-21(7-9-22)16-45-30(42)19(3)4)35-26(39)15-31-28(40)23(17-46-43)34-24(37)11-13-44-12-10-20(5)36/h6-9,18-19,23,27,43H,10-17H2,1-5H3,(H,31,40)(H,32,41)(H,33,38)(H,34,37)(H,35,39). The molecule has 0 fully saturated rings. The first-order valence-corrected chi connectivity index (χ1v) is 15.7. The average molecular weight is 668 g/mol. The number of benzene rings is 1. The second-order valence-electron chi connectivity index (χ2n) is 11.0. The molecule has 0 aliphatic carbocycles. The molecule has 0 aliphatic heterocycles.